The first-order chi connectivity index (χ1) is 12.7. The van der Waals surface area contributed by atoms with Crippen LogP contribution in [0.25, 0.3) is 22.3 Å². The number of hydrogen-bond acceptors (Lipinski definition) is 3. The summed E-state index contributed by atoms with van der Waals surface area (Å²) >= 11 is 0. The Morgan fingerprint density at radius 2 is 1.59 bits per heavy atom. The summed E-state index contributed by atoms with van der Waals surface area (Å²) in [6.07, 6.45) is -4.83. The van der Waals surface area contributed by atoms with E-state index in [1.165, 1.54) is 36.4 Å². The molecule has 0 aliphatic rings. The van der Waals surface area contributed by atoms with Crippen LogP contribution in [0.3, 0.4) is 0 Å². The van der Waals surface area contributed by atoms with E-state index >= 15 is 0 Å². The highest BCUT2D eigenvalue weighted by Gasteiger charge is 2.31. The Balaban J connectivity index is 2.20. The molecular weight excluding hydrogens is 359 g/mol. The number of alkyl halides is 3. The van der Waals surface area contributed by atoms with Crippen molar-refractivity contribution in [2.75, 3.05) is 0 Å². The van der Waals surface area contributed by atoms with Gasteiger partial charge in [-0.2, -0.15) is 0 Å². The molecule has 4 nitrogen and oxygen atoms in total. The van der Waals surface area contributed by atoms with Crippen molar-refractivity contribution in [1.29, 1.82) is 0 Å². The monoisotopic (exact) mass is 373 g/mol. The maximum atomic E-state index is 12.5. The quantitative estimate of drug-likeness (QED) is 0.695. The van der Waals surface area contributed by atoms with Gasteiger partial charge < -0.3 is 15.6 Å². The van der Waals surface area contributed by atoms with Crippen LogP contribution in [-0.4, -0.2) is 17.4 Å². The molecule has 27 heavy (non-hydrogen) atoms. The molecule has 0 saturated heterocycles. The summed E-state index contributed by atoms with van der Waals surface area (Å²) in [6, 6.07) is 16.4. The Morgan fingerprint density at radius 1 is 0.926 bits per heavy atom. The van der Waals surface area contributed by atoms with Crippen molar-refractivity contribution < 1.29 is 27.8 Å². The van der Waals surface area contributed by atoms with E-state index < -0.39 is 18.0 Å². The van der Waals surface area contributed by atoms with Crippen LogP contribution in [0.15, 0.2) is 66.7 Å². The molecular formula is C20H14F3NO3. The smallest absolute Gasteiger partial charge is 0.508 e. The molecule has 0 saturated carbocycles. The first kappa shape index (κ1) is 18.3. The first-order valence-corrected chi connectivity index (χ1v) is 7.83. The van der Waals surface area contributed by atoms with Gasteiger partial charge in [-0.25, -0.2) is 0 Å². The predicted octanol–water partition coefficient (Wildman–Crippen LogP) is 4.72. The number of phenolic OH excluding ortho intramolecular Hbond substituents is 1. The molecule has 0 aliphatic carbocycles. The second-order valence-electron chi connectivity index (χ2n) is 5.71. The van der Waals surface area contributed by atoms with Gasteiger partial charge in [-0.3, -0.25) is 4.79 Å². The molecule has 0 fully saturated rings. The lowest BCUT2D eigenvalue weighted by Gasteiger charge is -2.15. The van der Waals surface area contributed by atoms with Gasteiger partial charge in [0.05, 0.1) is 0 Å². The molecule has 0 atom stereocenters. The average Bonchev–Trinajstić information content (AvgIpc) is 2.60. The van der Waals surface area contributed by atoms with Gasteiger partial charge in [0.25, 0.3) is 0 Å². The molecule has 3 rings (SSSR count). The zero-order valence-electron chi connectivity index (χ0n) is 13.8. The van der Waals surface area contributed by atoms with E-state index in [0.717, 1.165) is 0 Å². The number of primary amides is 1. The molecule has 0 bridgehead atoms. The molecule has 1 amide bonds. The van der Waals surface area contributed by atoms with E-state index in [-0.39, 0.29) is 11.3 Å². The van der Waals surface area contributed by atoms with Crippen LogP contribution in [0.4, 0.5) is 13.2 Å². The Labute approximate surface area is 152 Å². The lowest BCUT2D eigenvalue weighted by molar-refractivity contribution is -0.274. The molecule has 3 aromatic rings. The van der Waals surface area contributed by atoms with Crippen molar-refractivity contribution in [2.24, 2.45) is 5.73 Å². The summed E-state index contributed by atoms with van der Waals surface area (Å²) in [5.41, 5.74) is 7.59. The third-order valence-corrected chi connectivity index (χ3v) is 3.86. The number of benzene rings is 3. The number of phenols is 1. The summed E-state index contributed by atoms with van der Waals surface area (Å²) in [5.74, 6) is -1.06. The number of hydrogen-bond donors (Lipinski definition) is 2. The summed E-state index contributed by atoms with van der Waals surface area (Å²) in [4.78, 5) is 11.9. The minimum Gasteiger partial charge on any atom is -0.508 e. The molecule has 3 aromatic carbocycles. The topological polar surface area (TPSA) is 72.6 Å². The fraction of sp³-hybridized carbons (Fsp3) is 0.0500. The van der Waals surface area contributed by atoms with Crippen molar-refractivity contribution >= 4 is 5.91 Å². The van der Waals surface area contributed by atoms with Crippen LogP contribution < -0.4 is 10.5 Å². The van der Waals surface area contributed by atoms with Gasteiger partial charge in [-0.15, -0.1) is 13.2 Å². The number of carbonyl (C=O) groups is 1. The van der Waals surface area contributed by atoms with Crippen molar-refractivity contribution in [1.82, 2.24) is 0 Å². The third-order valence-electron chi connectivity index (χ3n) is 3.86. The Hall–Kier alpha value is -3.48. The standard InChI is InChI=1S/C20H14F3NO3/c21-20(22,23)27-15-4-1-3-13(11-15)18-16(5-2-6-17(18)19(24)26)12-7-9-14(25)10-8-12/h1-11,25H,(H2,24,26). The highest BCUT2D eigenvalue weighted by Crippen LogP contribution is 2.37. The van der Waals surface area contributed by atoms with Crippen LogP contribution in [0.2, 0.25) is 0 Å². The van der Waals surface area contributed by atoms with Crippen LogP contribution in [0.5, 0.6) is 11.5 Å². The van der Waals surface area contributed by atoms with Crippen LogP contribution in [-0.2, 0) is 0 Å². The van der Waals surface area contributed by atoms with E-state index in [9.17, 15) is 23.1 Å². The summed E-state index contributed by atoms with van der Waals surface area (Å²) in [6.45, 7) is 0. The largest absolute Gasteiger partial charge is 0.573 e. The SMILES string of the molecule is NC(=O)c1cccc(-c2ccc(O)cc2)c1-c1cccc(OC(F)(F)F)c1. The van der Waals surface area contributed by atoms with Gasteiger partial charge in [0.15, 0.2) is 0 Å². The molecule has 0 unspecified atom stereocenters. The molecule has 0 aliphatic heterocycles. The molecule has 7 heteroatoms. The fourth-order valence-electron chi connectivity index (χ4n) is 2.80. The molecule has 138 valence electrons. The first-order valence-electron chi connectivity index (χ1n) is 7.83. The average molecular weight is 373 g/mol. The zero-order valence-corrected chi connectivity index (χ0v) is 13.8. The number of halogens is 3. The second-order valence-corrected chi connectivity index (χ2v) is 5.71. The fourth-order valence-corrected chi connectivity index (χ4v) is 2.80. The van der Waals surface area contributed by atoms with Crippen molar-refractivity contribution in [2.45, 2.75) is 6.36 Å². The van der Waals surface area contributed by atoms with Crippen LogP contribution in [0.1, 0.15) is 10.4 Å². The number of ether oxygens (including phenoxy) is 1. The highest BCUT2D eigenvalue weighted by atomic mass is 19.4. The number of amides is 1. The van der Waals surface area contributed by atoms with E-state index in [2.05, 4.69) is 4.74 Å². The van der Waals surface area contributed by atoms with E-state index in [1.807, 2.05) is 0 Å². The predicted molar refractivity (Wildman–Crippen MR) is 94.2 cm³/mol. The summed E-state index contributed by atoms with van der Waals surface area (Å²) < 4.78 is 41.6. The molecule has 0 aromatic heterocycles. The summed E-state index contributed by atoms with van der Waals surface area (Å²) in [7, 11) is 0. The normalized spacial score (nSPS) is 11.2. The minimum absolute atomic E-state index is 0.0620. The number of rotatable bonds is 4. The van der Waals surface area contributed by atoms with E-state index in [0.29, 0.717) is 22.3 Å². The van der Waals surface area contributed by atoms with Crippen LogP contribution >= 0.6 is 0 Å². The van der Waals surface area contributed by atoms with Crippen molar-refractivity contribution in [3.63, 3.8) is 0 Å². The summed E-state index contributed by atoms with van der Waals surface area (Å²) in [5, 5.41) is 9.48. The Bertz CT molecular complexity index is 983. The minimum atomic E-state index is -4.83. The van der Waals surface area contributed by atoms with E-state index in [4.69, 9.17) is 5.73 Å². The van der Waals surface area contributed by atoms with Gasteiger partial charge in [-0.1, -0.05) is 36.4 Å². The van der Waals surface area contributed by atoms with Crippen molar-refractivity contribution in [3.05, 3.63) is 72.3 Å². The molecule has 3 N–H and O–H groups in total. The van der Waals surface area contributed by atoms with E-state index in [1.54, 1.807) is 30.3 Å². The zero-order chi connectivity index (χ0) is 19.6. The van der Waals surface area contributed by atoms with Crippen LogP contribution in [0, 0.1) is 0 Å². The Morgan fingerprint density at radius 3 is 2.22 bits per heavy atom. The molecule has 0 heterocycles. The maximum absolute atomic E-state index is 12.5. The van der Waals surface area contributed by atoms with Gasteiger partial charge in [0.1, 0.15) is 11.5 Å². The molecule has 0 radical (unpaired) electrons. The number of nitrogens with two attached hydrogens (primary N) is 1. The molecule has 0 spiro atoms. The lowest BCUT2D eigenvalue weighted by Crippen LogP contribution is -2.17. The van der Waals surface area contributed by atoms with Gasteiger partial charge >= 0.3 is 6.36 Å². The van der Waals surface area contributed by atoms with Crippen molar-refractivity contribution in [3.8, 4) is 33.8 Å². The van der Waals surface area contributed by atoms with Gasteiger partial charge in [0, 0.05) is 11.1 Å². The number of carbonyl (C=O) groups excluding carboxylic acids is 1. The number of aromatic hydroxyl groups is 1. The van der Waals surface area contributed by atoms with Gasteiger partial charge in [-0.05, 0) is 47.0 Å². The maximum Gasteiger partial charge on any atom is 0.573 e. The highest BCUT2D eigenvalue weighted by molar-refractivity contribution is 6.04. The lowest BCUT2D eigenvalue weighted by atomic mass is 9.90. The van der Waals surface area contributed by atoms with Gasteiger partial charge in [0.2, 0.25) is 5.91 Å². The second kappa shape index (κ2) is 7.03. The third kappa shape index (κ3) is 4.20. The Kier molecular flexibility index (Phi) is 4.77.